The maximum absolute atomic E-state index is 13.4. The summed E-state index contributed by atoms with van der Waals surface area (Å²) in [4.78, 5) is 1.70. The Morgan fingerprint density at radius 1 is 1.19 bits per heavy atom. The van der Waals surface area contributed by atoms with Crippen LogP contribution in [-0.4, -0.2) is 19.6 Å². The fraction of sp³-hybridized carbons (Fsp3) is 0.455. The monoisotopic (exact) mass is 230 g/mol. The van der Waals surface area contributed by atoms with E-state index in [9.17, 15) is 13.2 Å². The van der Waals surface area contributed by atoms with E-state index in [4.69, 9.17) is 5.73 Å². The first-order chi connectivity index (χ1) is 7.61. The molecule has 1 aromatic rings. The van der Waals surface area contributed by atoms with Crippen molar-refractivity contribution in [1.29, 1.82) is 0 Å². The van der Waals surface area contributed by atoms with Crippen molar-refractivity contribution in [3.63, 3.8) is 0 Å². The Bertz CT molecular complexity index is 395. The van der Waals surface area contributed by atoms with Gasteiger partial charge in [-0.1, -0.05) is 0 Å². The molecule has 0 bridgehead atoms. The lowest BCUT2D eigenvalue weighted by atomic mass is 10.1. The van der Waals surface area contributed by atoms with Gasteiger partial charge in [0.05, 0.1) is 5.69 Å². The Morgan fingerprint density at radius 2 is 1.88 bits per heavy atom. The zero-order valence-corrected chi connectivity index (χ0v) is 8.72. The molecule has 1 aliphatic rings. The van der Waals surface area contributed by atoms with E-state index in [1.807, 2.05) is 0 Å². The van der Waals surface area contributed by atoms with Gasteiger partial charge in [-0.05, 0) is 18.9 Å². The smallest absolute Gasteiger partial charge is 0.161 e. The summed E-state index contributed by atoms with van der Waals surface area (Å²) < 4.78 is 39.2. The van der Waals surface area contributed by atoms with Crippen LogP contribution in [0.5, 0.6) is 0 Å². The maximum Gasteiger partial charge on any atom is 0.161 e. The first-order valence-electron chi connectivity index (χ1n) is 5.21. The van der Waals surface area contributed by atoms with Crippen LogP contribution in [0.3, 0.4) is 0 Å². The molecule has 2 N–H and O–H groups in total. The molecule has 2 nitrogen and oxygen atoms in total. The molecule has 1 saturated heterocycles. The van der Waals surface area contributed by atoms with Crippen molar-refractivity contribution in [3.05, 3.63) is 29.6 Å². The number of nitrogens with zero attached hydrogens (tertiary/aromatic N) is 1. The Hall–Kier alpha value is -1.23. The molecular formula is C11H13F3N2. The fourth-order valence-corrected chi connectivity index (χ4v) is 2.00. The number of hydrogen-bond acceptors (Lipinski definition) is 2. The average molecular weight is 230 g/mol. The van der Waals surface area contributed by atoms with Crippen LogP contribution in [0.2, 0.25) is 0 Å². The second-order valence-corrected chi connectivity index (χ2v) is 4.05. The number of benzene rings is 1. The van der Waals surface area contributed by atoms with Crippen molar-refractivity contribution in [2.45, 2.75) is 6.42 Å². The highest BCUT2D eigenvalue weighted by Crippen LogP contribution is 2.27. The summed E-state index contributed by atoms with van der Waals surface area (Å²) in [6.07, 6.45) is 0.856. The molecular weight excluding hydrogens is 217 g/mol. The van der Waals surface area contributed by atoms with Crippen LogP contribution in [0.4, 0.5) is 18.9 Å². The van der Waals surface area contributed by atoms with Crippen LogP contribution >= 0.6 is 0 Å². The molecule has 1 aliphatic heterocycles. The molecule has 88 valence electrons. The molecule has 2 rings (SSSR count). The molecule has 1 atom stereocenters. The lowest BCUT2D eigenvalue weighted by Crippen LogP contribution is -2.23. The molecule has 0 aromatic heterocycles. The highest BCUT2D eigenvalue weighted by atomic mass is 19.2. The van der Waals surface area contributed by atoms with E-state index < -0.39 is 17.5 Å². The molecule has 16 heavy (non-hydrogen) atoms. The first kappa shape index (κ1) is 11.3. The Morgan fingerprint density at radius 3 is 2.50 bits per heavy atom. The molecule has 1 aromatic carbocycles. The van der Waals surface area contributed by atoms with Gasteiger partial charge in [0.1, 0.15) is 5.82 Å². The fourth-order valence-electron chi connectivity index (χ4n) is 2.00. The Kier molecular flexibility index (Phi) is 3.05. The Labute approximate surface area is 91.8 Å². The molecule has 1 heterocycles. The van der Waals surface area contributed by atoms with Gasteiger partial charge in [-0.3, -0.25) is 0 Å². The largest absolute Gasteiger partial charge is 0.369 e. The van der Waals surface area contributed by atoms with Gasteiger partial charge in [0, 0.05) is 25.2 Å². The van der Waals surface area contributed by atoms with Crippen LogP contribution in [0, 0.1) is 23.4 Å². The van der Waals surface area contributed by atoms with Crippen LogP contribution in [-0.2, 0) is 0 Å². The van der Waals surface area contributed by atoms with Crippen LogP contribution < -0.4 is 10.6 Å². The topological polar surface area (TPSA) is 29.3 Å². The quantitative estimate of drug-likeness (QED) is 0.786. The van der Waals surface area contributed by atoms with Gasteiger partial charge in [-0.25, -0.2) is 13.2 Å². The van der Waals surface area contributed by atoms with Gasteiger partial charge in [0.15, 0.2) is 11.6 Å². The van der Waals surface area contributed by atoms with E-state index in [1.54, 1.807) is 4.90 Å². The summed E-state index contributed by atoms with van der Waals surface area (Å²) in [5.41, 5.74) is 5.63. The van der Waals surface area contributed by atoms with E-state index in [0.717, 1.165) is 12.5 Å². The van der Waals surface area contributed by atoms with Crippen molar-refractivity contribution < 1.29 is 13.2 Å². The normalized spacial score (nSPS) is 20.5. The van der Waals surface area contributed by atoms with Crippen LogP contribution in [0.1, 0.15) is 6.42 Å². The second kappa shape index (κ2) is 4.33. The molecule has 0 aliphatic carbocycles. The first-order valence-corrected chi connectivity index (χ1v) is 5.21. The van der Waals surface area contributed by atoms with Gasteiger partial charge in [-0.15, -0.1) is 0 Å². The summed E-state index contributed by atoms with van der Waals surface area (Å²) in [5.74, 6) is -2.60. The maximum atomic E-state index is 13.4. The molecule has 1 unspecified atom stereocenters. The van der Waals surface area contributed by atoms with Gasteiger partial charge in [-0.2, -0.15) is 0 Å². The van der Waals surface area contributed by atoms with Crippen molar-refractivity contribution in [2.24, 2.45) is 11.7 Å². The highest BCUT2D eigenvalue weighted by molar-refractivity contribution is 5.49. The van der Waals surface area contributed by atoms with Crippen LogP contribution in [0.15, 0.2) is 12.1 Å². The third kappa shape index (κ3) is 2.00. The SMILES string of the molecule is NCC1CCN(c2cc(F)c(F)cc2F)C1. The third-order valence-corrected chi connectivity index (χ3v) is 2.95. The average Bonchev–Trinajstić information content (AvgIpc) is 2.71. The summed E-state index contributed by atoms with van der Waals surface area (Å²) in [7, 11) is 0. The van der Waals surface area contributed by atoms with Crippen LogP contribution in [0.25, 0.3) is 0 Å². The predicted molar refractivity (Wildman–Crippen MR) is 55.7 cm³/mol. The molecule has 0 saturated carbocycles. The van der Waals surface area contributed by atoms with E-state index in [-0.39, 0.29) is 5.69 Å². The number of anilines is 1. The number of rotatable bonds is 2. The van der Waals surface area contributed by atoms with Crippen molar-refractivity contribution >= 4 is 5.69 Å². The number of hydrogen-bond donors (Lipinski definition) is 1. The lowest BCUT2D eigenvalue weighted by Gasteiger charge is -2.19. The summed E-state index contributed by atoms with van der Waals surface area (Å²) >= 11 is 0. The summed E-state index contributed by atoms with van der Waals surface area (Å²) in [6, 6.07) is 1.49. The van der Waals surface area contributed by atoms with E-state index in [0.29, 0.717) is 31.6 Å². The predicted octanol–water partition coefficient (Wildman–Crippen LogP) is 1.89. The zero-order chi connectivity index (χ0) is 11.7. The number of halogens is 3. The summed E-state index contributed by atoms with van der Waals surface area (Å²) in [6.45, 7) is 1.75. The van der Waals surface area contributed by atoms with E-state index in [2.05, 4.69) is 0 Å². The molecule has 0 spiro atoms. The number of nitrogens with two attached hydrogens (primary N) is 1. The molecule has 0 amide bonds. The molecule has 1 fully saturated rings. The second-order valence-electron chi connectivity index (χ2n) is 4.05. The highest BCUT2D eigenvalue weighted by Gasteiger charge is 2.24. The minimum absolute atomic E-state index is 0.120. The van der Waals surface area contributed by atoms with Gasteiger partial charge in [0.25, 0.3) is 0 Å². The van der Waals surface area contributed by atoms with E-state index >= 15 is 0 Å². The lowest BCUT2D eigenvalue weighted by molar-refractivity contribution is 0.494. The third-order valence-electron chi connectivity index (χ3n) is 2.95. The standard InChI is InChI=1S/C11H13F3N2/c12-8-3-10(14)11(4-9(8)13)16-2-1-7(5-15)6-16/h3-4,7H,1-2,5-6,15H2. The minimum Gasteiger partial charge on any atom is -0.369 e. The van der Waals surface area contributed by atoms with E-state index in [1.165, 1.54) is 0 Å². The molecule has 0 radical (unpaired) electrons. The minimum atomic E-state index is -1.16. The van der Waals surface area contributed by atoms with Crippen molar-refractivity contribution in [2.75, 3.05) is 24.5 Å². The Balaban J connectivity index is 2.24. The zero-order valence-electron chi connectivity index (χ0n) is 8.72. The summed E-state index contributed by atoms with van der Waals surface area (Å²) in [5, 5.41) is 0. The van der Waals surface area contributed by atoms with Crippen molar-refractivity contribution in [3.8, 4) is 0 Å². The van der Waals surface area contributed by atoms with Gasteiger partial charge in [0.2, 0.25) is 0 Å². The van der Waals surface area contributed by atoms with Crippen molar-refractivity contribution in [1.82, 2.24) is 0 Å². The van der Waals surface area contributed by atoms with Gasteiger partial charge >= 0.3 is 0 Å². The molecule has 5 heteroatoms. The van der Waals surface area contributed by atoms with Gasteiger partial charge < -0.3 is 10.6 Å².